The third kappa shape index (κ3) is 4.75. The van der Waals surface area contributed by atoms with Crippen LogP contribution < -0.4 is 4.74 Å². The number of carbonyl (C=O) groups excluding carboxylic acids is 1. The Morgan fingerprint density at radius 1 is 1.13 bits per heavy atom. The van der Waals surface area contributed by atoms with Crippen LogP contribution in [-0.2, 0) is 17.0 Å². The van der Waals surface area contributed by atoms with Crippen LogP contribution in [0, 0.1) is 0 Å². The first-order valence-corrected chi connectivity index (χ1v) is 11.3. The van der Waals surface area contributed by atoms with Gasteiger partial charge in [-0.25, -0.2) is 0 Å². The number of amides is 1. The number of rotatable bonds is 7. The molecule has 2 heterocycles. The maximum Gasteiger partial charge on any atom is 0.254 e. The first kappa shape index (κ1) is 21.4. The largest absolute Gasteiger partial charge is 0.497 e. The molecule has 0 radical (unpaired) electrons. The average molecular weight is 439 g/mol. The molecule has 0 atom stereocenters. The number of hydrogen-bond acceptors (Lipinski definition) is 6. The maximum atomic E-state index is 13.0. The minimum Gasteiger partial charge on any atom is -0.497 e. The van der Waals surface area contributed by atoms with Gasteiger partial charge in [0, 0.05) is 36.5 Å². The van der Waals surface area contributed by atoms with Gasteiger partial charge in [0.05, 0.1) is 20.3 Å². The molecule has 1 aliphatic rings. The van der Waals surface area contributed by atoms with E-state index < -0.39 is 0 Å². The van der Waals surface area contributed by atoms with Gasteiger partial charge < -0.3 is 18.9 Å². The molecule has 0 saturated carbocycles. The summed E-state index contributed by atoms with van der Waals surface area (Å²) < 4.78 is 12.8. The number of benzene rings is 2. The van der Waals surface area contributed by atoms with Crippen LogP contribution in [0.5, 0.6) is 5.75 Å². The van der Waals surface area contributed by atoms with E-state index >= 15 is 0 Å². The van der Waals surface area contributed by atoms with Gasteiger partial charge in [-0.3, -0.25) is 4.79 Å². The summed E-state index contributed by atoms with van der Waals surface area (Å²) in [7, 11) is 1.65. The molecule has 31 heavy (non-hydrogen) atoms. The van der Waals surface area contributed by atoms with Crippen LogP contribution in [0.25, 0.3) is 11.4 Å². The number of thioether (sulfide) groups is 1. The third-order valence-corrected chi connectivity index (χ3v) is 6.28. The Morgan fingerprint density at radius 2 is 1.94 bits per heavy atom. The Balaban J connectivity index is 1.54. The first-order valence-electron chi connectivity index (χ1n) is 10.4. The molecule has 2 aromatic carbocycles. The quantitative estimate of drug-likeness (QED) is 0.524. The summed E-state index contributed by atoms with van der Waals surface area (Å²) in [5.41, 5.74) is 2.70. The molecule has 0 spiro atoms. The molecule has 1 fully saturated rings. The molecule has 8 heteroatoms. The molecule has 0 unspecified atom stereocenters. The van der Waals surface area contributed by atoms with E-state index in [2.05, 4.69) is 21.7 Å². The monoisotopic (exact) mass is 438 g/mol. The van der Waals surface area contributed by atoms with Gasteiger partial charge in [-0.15, -0.1) is 10.2 Å². The molecule has 162 valence electrons. The van der Waals surface area contributed by atoms with E-state index in [4.69, 9.17) is 9.47 Å². The SMILES string of the molecule is CCn1c(SCc2ccccc2C(=O)N2CCOCC2)nnc1-c1cccc(OC)c1. The summed E-state index contributed by atoms with van der Waals surface area (Å²) in [6.07, 6.45) is 0. The van der Waals surface area contributed by atoms with Crippen LogP contribution >= 0.6 is 11.8 Å². The third-order valence-electron chi connectivity index (χ3n) is 5.26. The predicted molar refractivity (Wildman–Crippen MR) is 120 cm³/mol. The highest BCUT2D eigenvalue weighted by Crippen LogP contribution is 2.29. The Labute approximate surface area is 186 Å². The van der Waals surface area contributed by atoms with Crippen molar-refractivity contribution in [3.8, 4) is 17.1 Å². The zero-order valence-electron chi connectivity index (χ0n) is 17.8. The van der Waals surface area contributed by atoms with Crippen LogP contribution in [0.3, 0.4) is 0 Å². The van der Waals surface area contributed by atoms with Crippen molar-refractivity contribution in [2.45, 2.75) is 24.4 Å². The Bertz CT molecular complexity index is 1050. The van der Waals surface area contributed by atoms with Gasteiger partial charge in [-0.1, -0.05) is 42.1 Å². The summed E-state index contributed by atoms with van der Waals surface area (Å²) in [4.78, 5) is 14.9. The molecule has 0 aliphatic carbocycles. The lowest BCUT2D eigenvalue weighted by atomic mass is 10.1. The second kappa shape index (κ2) is 9.98. The number of carbonyl (C=O) groups is 1. The molecule has 3 aromatic rings. The minimum atomic E-state index is 0.0635. The van der Waals surface area contributed by atoms with Crippen molar-refractivity contribution in [3.63, 3.8) is 0 Å². The minimum absolute atomic E-state index is 0.0635. The maximum absolute atomic E-state index is 13.0. The van der Waals surface area contributed by atoms with Gasteiger partial charge in [0.1, 0.15) is 5.75 Å². The molecular formula is C23H26N4O3S. The van der Waals surface area contributed by atoms with E-state index in [1.165, 1.54) is 0 Å². The summed E-state index contributed by atoms with van der Waals surface area (Å²) in [5, 5.41) is 9.67. The normalized spacial score (nSPS) is 13.9. The van der Waals surface area contributed by atoms with E-state index in [9.17, 15) is 4.79 Å². The Hall–Kier alpha value is -2.84. The Kier molecular flexibility index (Phi) is 6.89. The summed E-state index contributed by atoms with van der Waals surface area (Å²) >= 11 is 1.59. The number of methoxy groups -OCH3 is 1. The zero-order valence-corrected chi connectivity index (χ0v) is 18.6. The van der Waals surface area contributed by atoms with Gasteiger partial charge in [-0.05, 0) is 30.7 Å². The summed E-state index contributed by atoms with van der Waals surface area (Å²) in [5.74, 6) is 2.30. The van der Waals surface area contributed by atoms with Crippen molar-refractivity contribution in [2.75, 3.05) is 33.4 Å². The van der Waals surface area contributed by atoms with Crippen molar-refractivity contribution < 1.29 is 14.3 Å². The van der Waals surface area contributed by atoms with Gasteiger partial charge in [0.2, 0.25) is 0 Å². The smallest absolute Gasteiger partial charge is 0.254 e. The number of nitrogens with zero attached hydrogens (tertiary/aromatic N) is 4. The van der Waals surface area contributed by atoms with Crippen molar-refractivity contribution in [3.05, 3.63) is 59.7 Å². The standard InChI is InChI=1S/C23H26N4O3S/c1-3-27-21(17-8-6-9-19(15-17)29-2)24-25-23(27)31-16-18-7-4-5-10-20(18)22(28)26-11-13-30-14-12-26/h4-10,15H,3,11-14,16H2,1-2H3. The Morgan fingerprint density at radius 3 is 2.71 bits per heavy atom. The van der Waals surface area contributed by atoms with Gasteiger partial charge in [0.15, 0.2) is 11.0 Å². The number of ether oxygens (including phenoxy) is 2. The lowest BCUT2D eigenvalue weighted by Crippen LogP contribution is -2.41. The van der Waals surface area contributed by atoms with Crippen LogP contribution in [0.2, 0.25) is 0 Å². The van der Waals surface area contributed by atoms with Crippen molar-refractivity contribution in [2.24, 2.45) is 0 Å². The van der Waals surface area contributed by atoms with E-state index in [1.807, 2.05) is 53.4 Å². The van der Waals surface area contributed by atoms with E-state index in [1.54, 1.807) is 18.9 Å². The van der Waals surface area contributed by atoms with Crippen LogP contribution in [0.1, 0.15) is 22.8 Å². The fourth-order valence-corrected chi connectivity index (χ4v) is 4.60. The molecule has 4 rings (SSSR count). The fourth-order valence-electron chi connectivity index (χ4n) is 3.59. The second-order valence-corrected chi connectivity index (χ2v) is 8.08. The first-order chi connectivity index (χ1) is 15.2. The molecule has 1 aliphatic heterocycles. The highest BCUT2D eigenvalue weighted by atomic mass is 32.2. The van der Waals surface area contributed by atoms with Crippen LogP contribution in [-0.4, -0.2) is 59.0 Å². The second-order valence-electron chi connectivity index (χ2n) is 7.13. The van der Waals surface area contributed by atoms with Crippen molar-refractivity contribution in [1.29, 1.82) is 0 Å². The van der Waals surface area contributed by atoms with Gasteiger partial charge in [0.25, 0.3) is 5.91 Å². The average Bonchev–Trinajstić information content (AvgIpc) is 3.26. The van der Waals surface area contributed by atoms with Crippen molar-refractivity contribution >= 4 is 17.7 Å². The van der Waals surface area contributed by atoms with E-state index in [0.717, 1.165) is 40.0 Å². The van der Waals surface area contributed by atoms with Crippen LogP contribution in [0.4, 0.5) is 0 Å². The number of aromatic nitrogens is 3. The topological polar surface area (TPSA) is 69.5 Å². The molecule has 7 nitrogen and oxygen atoms in total. The zero-order chi connectivity index (χ0) is 21.6. The van der Waals surface area contributed by atoms with Gasteiger partial charge in [-0.2, -0.15) is 0 Å². The molecular weight excluding hydrogens is 412 g/mol. The summed E-state index contributed by atoms with van der Waals surface area (Å²) in [6.45, 7) is 5.27. The van der Waals surface area contributed by atoms with E-state index in [0.29, 0.717) is 32.1 Å². The lowest BCUT2D eigenvalue weighted by molar-refractivity contribution is 0.0302. The lowest BCUT2D eigenvalue weighted by Gasteiger charge is -2.27. The highest BCUT2D eigenvalue weighted by molar-refractivity contribution is 7.98. The number of morpholine rings is 1. The number of hydrogen-bond donors (Lipinski definition) is 0. The van der Waals surface area contributed by atoms with Gasteiger partial charge >= 0.3 is 0 Å². The molecule has 1 aromatic heterocycles. The van der Waals surface area contributed by atoms with Crippen molar-refractivity contribution in [1.82, 2.24) is 19.7 Å². The summed E-state index contributed by atoms with van der Waals surface area (Å²) in [6, 6.07) is 15.6. The van der Waals surface area contributed by atoms with E-state index in [-0.39, 0.29) is 5.91 Å². The predicted octanol–water partition coefficient (Wildman–Crippen LogP) is 3.74. The molecule has 1 amide bonds. The van der Waals surface area contributed by atoms with Crippen LogP contribution in [0.15, 0.2) is 53.7 Å². The molecule has 1 saturated heterocycles. The highest BCUT2D eigenvalue weighted by Gasteiger charge is 2.21. The molecule has 0 bridgehead atoms. The fraction of sp³-hybridized carbons (Fsp3) is 0.348. The molecule has 0 N–H and O–H groups in total.